The lowest BCUT2D eigenvalue weighted by Crippen LogP contribution is -1.79. The van der Waals surface area contributed by atoms with Gasteiger partial charge in [-0.2, -0.15) is 0 Å². The lowest BCUT2D eigenvalue weighted by molar-refractivity contribution is 0.378. The van der Waals surface area contributed by atoms with E-state index in [2.05, 4.69) is 6.58 Å². The van der Waals surface area contributed by atoms with Crippen molar-refractivity contribution in [2.24, 2.45) is 0 Å². The van der Waals surface area contributed by atoms with E-state index < -0.39 is 0 Å². The summed E-state index contributed by atoms with van der Waals surface area (Å²) in [6.07, 6.45) is 2.72. The predicted octanol–water partition coefficient (Wildman–Crippen LogP) is 2.11. The molecule has 0 aromatic heterocycles. The quantitative estimate of drug-likeness (QED) is 0.700. The van der Waals surface area contributed by atoms with E-state index in [1.807, 2.05) is 6.08 Å². The molecule has 0 aliphatic heterocycles. The fourth-order valence-corrected chi connectivity index (χ4v) is 1.55. The van der Waals surface area contributed by atoms with Crippen LogP contribution in [0.4, 0.5) is 0 Å². The number of ether oxygens (including phenoxy) is 1. The molecule has 0 unspecified atom stereocenters. The van der Waals surface area contributed by atoms with Crippen molar-refractivity contribution in [3.8, 4) is 22.6 Å². The highest BCUT2D eigenvalue weighted by molar-refractivity contribution is 5.98. The van der Waals surface area contributed by atoms with Crippen molar-refractivity contribution in [2.45, 2.75) is 6.42 Å². The van der Waals surface area contributed by atoms with Gasteiger partial charge in [0.2, 0.25) is 0 Å². The van der Waals surface area contributed by atoms with E-state index in [0.29, 0.717) is 5.75 Å². The van der Waals surface area contributed by atoms with E-state index in [9.17, 15) is 5.11 Å². The summed E-state index contributed by atoms with van der Waals surface area (Å²) >= 11 is 0. The summed E-state index contributed by atoms with van der Waals surface area (Å²) in [5, 5.41) is 9.29. The van der Waals surface area contributed by atoms with Crippen LogP contribution in [-0.2, 0) is 6.42 Å². The molecule has 1 N–H and O–H groups in total. The van der Waals surface area contributed by atoms with E-state index in [1.165, 1.54) is 5.56 Å². The van der Waals surface area contributed by atoms with Gasteiger partial charge >= 0.3 is 0 Å². The number of benzene rings is 1. The second kappa shape index (κ2) is 2.27. The van der Waals surface area contributed by atoms with Crippen molar-refractivity contribution in [1.29, 1.82) is 0 Å². The van der Waals surface area contributed by atoms with E-state index >= 15 is 0 Å². The highest BCUT2D eigenvalue weighted by Gasteiger charge is 2.31. The van der Waals surface area contributed by atoms with Gasteiger partial charge in [-0.15, -0.1) is 6.58 Å². The van der Waals surface area contributed by atoms with Crippen molar-refractivity contribution in [3.63, 3.8) is 0 Å². The minimum absolute atomic E-state index is 0.246. The molecule has 0 amide bonds. The zero-order chi connectivity index (χ0) is 8.72. The summed E-state index contributed by atoms with van der Waals surface area (Å²) in [7, 11) is 1.57. The number of rotatable bonds is 3. The van der Waals surface area contributed by atoms with Crippen LogP contribution < -0.4 is 4.74 Å². The van der Waals surface area contributed by atoms with E-state index in [-0.39, 0.29) is 5.75 Å². The number of aromatic hydroxyl groups is 1. The Kier molecular flexibility index (Phi) is 1.37. The van der Waals surface area contributed by atoms with Crippen LogP contribution in [-0.4, -0.2) is 12.2 Å². The number of fused-ring (bicyclic) bond motifs is 1. The van der Waals surface area contributed by atoms with Crippen LogP contribution in [0.5, 0.6) is 11.5 Å². The largest absolute Gasteiger partial charge is 0.504 e. The third-order valence-corrected chi connectivity index (χ3v) is 2.13. The number of hydrogen-bond donors (Lipinski definition) is 1. The molecule has 0 radical (unpaired) electrons. The first-order chi connectivity index (χ1) is 5.79. The molecule has 2 aliphatic rings. The van der Waals surface area contributed by atoms with Gasteiger partial charge in [0.15, 0.2) is 11.5 Å². The number of methoxy groups -OCH3 is 1. The Morgan fingerprint density at radius 3 is 3.00 bits per heavy atom. The van der Waals surface area contributed by atoms with Gasteiger partial charge in [-0.25, -0.2) is 0 Å². The third-order valence-electron chi connectivity index (χ3n) is 2.13. The minimum Gasteiger partial charge on any atom is -0.504 e. The Labute approximate surface area is 71.1 Å². The Balaban J connectivity index is 2.38. The summed E-state index contributed by atoms with van der Waals surface area (Å²) in [5.41, 5.74) is 3.46. The van der Waals surface area contributed by atoms with Crippen LogP contribution in [0.25, 0.3) is 11.1 Å². The molecule has 0 fully saturated rings. The van der Waals surface area contributed by atoms with Crippen LogP contribution in [0.1, 0.15) is 5.56 Å². The van der Waals surface area contributed by atoms with Crippen LogP contribution >= 0.6 is 0 Å². The minimum atomic E-state index is 0.246. The molecule has 0 saturated heterocycles. The Morgan fingerprint density at radius 1 is 1.67 bits per heavy atom. The van der Waals surface area contributed by atoms with Gasteiger partial charge in [0.25, 0.3) is 0 Å². The zero-order valence-electron chi connectivity index (χ0n) is 6.92. The fourth-order valence-electron chi connectivity index (χ4n) is 1.55. The van der Waals surface area contributed by atoms with Crippen LogP contribution in [0.3, 0.4) is 0 Å². The summed E-state index contributed by atoms with van der Waals surface area (Å²) in [6.45, 7) is 3.66. The molecule has 0 bridgehead atoms. The highest BCUT2D eigenvalue weighted by atomic mass is 16.5. The first-order valence-electron chi connectivity index (χ1n) is 3.83. The molecule has 0 atom stereocenters. The van der Waals surface area contributed by atoms with Crippen LogP contribution in [0.2, 0.25) is 0 Å². The zero-order valence-corrected chi connectivity index (χ0v) is 6.92. The maximum atomic E-state index is 9.29. The normalized spacial score (nSPS) is 11.1. The SMILES string of the molecule is C=CCc1c2cc(O)c(OC)c1-2. The summed E-state index contributed by atoms with van der Waals surface area (Å²) in [4.78, 5) is 0. The fraction of sp³-hybridized carbons (Fsp3) is 0.200. The van der Waals surface area contributed by atoms with Gasteiger partial charge < -0.3 is 9.84 Å². The highest BCUT2D eigenvalue weighted by Crippen LogP contribution is 2.56. The van der Waals surface area contributed by atoms with Crippen molar-refractivity contribution in [1.82, 2.24) is 0 Å². The van der Waals surface area contributed by atoms with E-state index in [1.54, 1.807) is 13.2 Å². The molecule has 0 heterocycles. The van der Waals surface area contributed by atoms with Crippen molar-refractivity contribution in [2.75, 3.05) is 7.11 Å². The van der Waals surface area contributed by atoms with Gasteiger partial charge in [-0.1, -0.05) is 6.08 Å². The van der Waals surface area contributed by atoms with Gasteiger partial charge in [-0.3, -0.25) is 0 Å². The predicted molar refractivity (Wildman–Crippen MR) is 47.6 cm³/mol. The maximum absolute atomic E-state index is 9.29. The van der Waals surface area contributed by atoms with Gasteiger partial charge in [0.05, 0.1) is 7.11 Å². The molecule has 0 spiro atoms. The van der Waals surface area contributed by atoms with Gasteiger partial charge in [0, 0.05) is 5.56 Å². The van der Waals surface area contributed by atoms with Crippen LogP contribution in [0.15, 0.2) is 18.7 Å². The Morgan fingerprint density at radius 2 is 2.42 bits per heavy atom. The average molecular weight is 162 g/mol. The molecule has 12 heavy (non-hydrogen) atoms. The van der Waals surface area contributed by atoms with E-state index in [0.717, 1.165) is 17.5 Å². The molecule has 2 rings (SSSR count). The first-order valence-corrected chi connectivity index (χ1v) is 3.83. The Bertz CT molecular complexity index is 353. The number of allylic oxidation sites excluding steroid dienone is 1. The average Bonchev–Trinajstić information content (AvgIpc) is 2.61. The lowest BCUT2D eigenvalue weighted by Gasteiger charge is -1.95. The molecule has 62 valence electrons. The van der Waals surface area contributed by atoms with Crippen molar-refractivity contribution >= 4 is 0 Å². The number of phenols is 1. The van der Waals surface area contributed by atoms with Crippen molar-refractivity contribution < 1.29 is 9.84 Å². The van der Waals surface area contributed by atoms with Crippen molar-refractivity contribution in [3.05, 3.63) is 24.3 Å². The second-order valence-electron chi connectivity index (χ2n) is 2.82. The molecule has 2 nitrogen and oxygen atoms in total. The molecule has 2 aliphatic carbocycles. The lowest BCUT2D eigenvalue weighted by atomic mass is 10.3. The monoisotopic (exact) mass is 162 g/mol. The van der Waals surface area contributed by atoms with Gasteiger partial charge in [-0.05, 0) is 23.6 Å². The van der Waals surface area contributed by atoms with E-state index in [4.69, 9.17) is 4.74 Å². The summed E-state index contributed by atoms with van der Waals surface area (Å²) in [6, 6.07) is 1.74. The number of phenolic OH excluding ortho intramolecular Hbond substituents is 1. The molecular formula is C10H10O2. The van der Waals surface area contributed by atoms with Gasteiger partial charge in [0.1, 0.15) is 0 Å². The molecule has 0 saturated carbocycles. The molecule has 2 heteroatoms. The summed E-state index contributed by atoms with van der Waals surface area (Å²) < 4.78 is 5.04. The molecular weight excluding hydrogens is 152 g/mol. The topological polar surface area (TPSA) is 29.5 Å². The van der Waals surface area contributed by atoms with Crippen LogP contribution in [0, 0.1) is 0 Å². The Hall–Kier alpha value is -1.44. The third kappa shape index (κ3) is 0.749. The smallest absolute Gasteiger partial charge is 0.168 e. The molecule has 0 aromatic carbocycles. The summed E-state index contributed by atoms with van der Waals surface area (Å²) in [5.74, 6) is 0.858. The number of hydrogen-bond acceptors (Lipinski definition) is 2. The second-order valence-corrected chi connectivity index (χ2v) is 2.82. The maximum Gasteiger partial charge on any atom is 0.168 e. The standard InChI is InChI=1S/C10H10O2/c1-3-4-6-7-5-8(11)10(12-2)9(6)7/h3,5,11H,1,4H2,2H3. The molecule has 0 aromatic rings. The first kappa shape index (κ1) is 7.22.